The van der Waals surface area contributed by atoms with Gasteiger partial charge in [-0.05, 0) is 36.6 Å². The number of aromatic nitrogens is 1. The van der Waals surface area contributed by atoms with Crippen molar-refractivity contribution in [3.05, 3.63) is 24.5 Å². The number of nitrogens with zero attached hydrogens (tertiary/aromatic N) is 1. The fraction of sp³-hybridized carbons (Fsp3) is 0.500. The third kappa shape index (κ3) is 0.753. The molecule has 0 amide bonds. The molecule has 0 aromatic carbocycles. The van der Waals surface area contributed by atoms with Gasteiger partial charge < -0.3 is 4.23 Å². The fourth-order valence-corrected chi connectivity index (χ4v) is 4.43. The van der Waals surface area contributed by atoms with Crippen molar-refractivity contribution in [2.24, 2.45) is 0 Å². The van der Waals surface area contributed by atoms with E-state index in [0.717, 1.165) is 0 Å². The van der Waals surface area contributed by atoms with E-state index >= 15 is 0 Å². The molecule has 0 aliphatic carbocycles. The van der Waals surface area contributed by atoms with Crippen molar-refractivity contribution in [1.29, 1.82) is 0 Å². The van der Waals surface area contributed by atoms with E-state index in [1.807, 2.05) is 0 Å². The minimum Gasteiger partial charge on any atom is -0.380 e. The molecule has 1 aromatic heterocycles. The highest BCUT2D eigenvalue weighted by molar-refractivity contribution is 6.79. The molecule has 2 heteroatoms. The smallest absolute Gasteiger partial charge is 0.158 e. The highest BCUT2D eigenvalue weighted by Gasteiger charge is 2.35. The second kappa shape index (κ2) is 1.99. The summed E-state index contributed by atoms with van der Waals surface area (Å²) >= 11 is 0. The second-order valence-electron chi connectivity index (χ2n) is 3.44. The zero-order chi connectivity index (χ0) is 7.03. The first-order valence-electron chi connectivity index (χ1n) is 3.95. The second-order valence-corrected chi connectivity index (χ2v) is 7.95. The van der Waals surface area contributed by atoms with Crippen molar-refractivity contribution in [3.63, 3.8) is 0 Å². The number of rotatable bonds is 1. The van der Waals surface area contributed by atoms with Crippen molar-refractivity contribution < 1.29 is 0 Å². The van der Waals surface area contributed by atoms with Gasteiger partial charge in [-0.15, -0.1) is 0 Å². The maximum Gasteiger partial charge on any atom is 0.158 e. The summed E-state index contributed by atoms with van der Waals surface area (Å²) in [5.41, 5.74) is 0. The Hall–Kier alpha value is -0.503. The van der Waals surface area contributed by atoms with Gasteiger partial charge in [0.05, 0.1) is 0 Å². The van der Waals surface area contributed by atoms with Crippen LogP contribution in [0.4, 0.5) is 0 Å². The van der Waals surface area contributed by atoms with E-state index in [1.54, 1.807) is 0 Å². The van der Waals surface area contributed by atoms with Crippen molar-refractivity contribution in [2.75, 3.05) is 0 Å². The molecular weight excluding hydrogens is 138 g/mol. The molecule has 1 nitrogen and oxygen atoms in total. The fourth-order valence-electron chi connectivity index (χ4n) is 1.64. The molecule has 1 saturated heterocycles. The van der Waals surface area contributed by atoms with Gasteiger partial charge in [0, 0.05) is 0 Å². The lowest BCUT2D eigenvalue weighted by molar-refractivity contribution is 0.843. The summed E-state index contributed by atoms with van der Waals surface area (Å²) in [4.78, 5) is 0. The molecule has 54 valence electrons. The lowest BCUT2D eigenvalue weighted by Gasteiger charge is -2.37. The average molecular weight is 151 g/mol. The summed E-state index contributed by atoms with van der Waals surface area (Å²) in [5, 5.41) is 0. The van der Waals surface area contributed by atoms with E-state index in [0.29, 0.717) is 0 Å². The molecule has 0 atom stereocenters. The molecule has 0 spiro atoms. The maximum atomic E-state index is 2.47. The number of hydrogen-bond donors (Lipinski definition) is 0. The van der Waals surface area contributed by atoms with Crippen LogP contribution in [0.15, 0.2) is 24.5 Å². The predicted molar refractivity (Wildman–Crippen MR) is 45.7 cm³/mol. The lowest BCUT2D eigenvalue weighted by Crippen LogP contribution is -2.45. The van der Waals surface area contributed by atoms with E-state index in [1.165, 1.54) is 18.5 Å². The van der Waals surface area contributed by atoms with Crippen LogP contribution in [0.3, 0.4) is 0 Å². The molecule has 0 N–H and O–H groups in total. The summed E-state index contributed by atoms with van der Waals surface area (Å²) < 4.78 is 2.47. The largest absolute Gasteiger partial charge is 0.380 e. The minimum absolute atomic E-state index is 0.904. The molecule has 1 fully saturated rings. The van der Waals surface area contributed by atoms with Gasteiger partial charge in [0.25, 0.3) is 0 Å². The molecule has 1 aromatic rings. The zero-order valence-corrected chi connectivity index (χ0v) is 7.38. The van der Waals surface area contributed by atoms with Crippen LogP contribution in [0.5, 0.6) is 0 Å². The van der Waals surface area contributed by atoms with Gasteiger partial charge >= 0.3 is 0 Å². The Morgan fingerprint density at radius 3 is 2.20 bits per heavy atom. The van der Waals surface area contributed by atoms with Crippen LogP contribution in [-0.4, -0.2) is 12.5 Å². The highest BCUT2D eigenvalue weighted by atomic mass is 28.3. The summed E-state index contributed by atoms with van der Waals surface area (Å²) in [6, 6.07) is 7.25. The van der Waals surface area contributed by atoms with Crippen LogP contribution in [0, 0.1) is 0 Å². The molecule has 0 unspecified atom stereocenters. The molecule has 10 heavy (non-hydrogen) atoms. The van der Waals surface area contributed by atoms with Crippen LogP contribution >= 0.6 is 0 Å². The minimum atomic E-state index is -0.904. The Kier molecular flexibility index (Phi) is 1.24. The topological polar surface area (TPSA) is 4.93 Å². The van der Waals surface area contributed by atoms with Crippen LogP contribution in [-0.2, 0) is 0 Å². The van der Waals surface area contributed by atoms with Gasteiger partial charge in [-0.1, -0.05) is 13.0 Å². The van der Waals surface area contributed by atoms with E-state index in [9.17, 15) is 0 Å². The first kappa shape index (κ1) is 6.22. The van der Waals surface area contributed by atoms with Gasteiger partial charge in [0.1, 0.15) is 0 Å². The Labute approximate surface area is 62.8 Å². The first-order valence-corrected chi connectivity index (χ1v) is 6.81. The molecular formula is C8H13NSi. The standard InChI is InChI=1S/C8H13NSi/c1-10(7-4-8-10)9-5-2-3-6-9/h2-3,5-6H,4,7-8H2,1H3. The van der Waals surface area contributed by atoms with Gasteiger partial charge in [0.2, 0.25) is 0 Å². The van der Waals surface area contributed by atoms with E-state index in [2.05, 4.69) is 35.3 Å². The average Bonchev–Trinajstić information content (AvgIpc) is 2.33. The van der Waals surface area contributed by atoms with E-state index < -0.39 is 8.24 Å². The van der Waals surface area contributed by atoms with Crippen LogP contribution in [0.25, 0.3) is 0 Å². The van der Waals surface area contributed by atoms with Crippen LogP contribution in [0.2, 0.25) is 18.6 Å². The molecule has 2 rings (SSSR count). The van der Waals surface area contributed by atoms with Crippen LogP contribution < -0.4 is 0 Å². The monoisotopic (exact) mass is 151 g/mol. The van der Waals surface area contributed by atoms with Crippen molar-refractivity contribution >= 4 is 8.24 Å². The van der Waals surface area contributed by atoms with Crippen molar-refractivity contribution in [3.8, 4) is 0 Å². The molecule has 2 heterocycles. The Balaban J connectivity index is 2.27. The molecule has 1 aliphatic heterocycles. The Morgan fingerprint density at radius 2 is 1.80 bits per heavy atom. The predicted octanol–water partition coefficient (Wildman–Crippen LogP) is 2.32. The van der Waals surface area contributed by atoms with E-state index in [4.69, 9.17) is 0 Å². The normalized spacial score (nSPS) is 22.1. The van der Waals surface area contributed by atoms with Crippen LogP contribution in [0.1, 0.15) is 6.42 Å². The maximum absolute atomic E-state index is 2.47. The van der Waals surface area contributed by atoms with Gasteiger partial charge in [-0.2, -0.15) is 0 Å². The molecule has 0 bridgehead atoms. The van der Waals surface area contributed by atoms with E-state index in [-0.39, 0.29) is 0 Å². The third-order valence-electron chi connectivity index (χ3n) is 2.66. The quantitative estimate of drug-likeness (QED) is 0.543. The molecule has 1 aliphatic rings. The molecule has 0 radical (unpaired) electrons. The van der Waals surface area contributed by atoms with Crippen molar-refractivity contribution in [1.82, 2.24) is 4.23 Å². The van der Waals surface area contributed by atoms with Gasteiger partial charge in [-0.25, -0.2) is 0 Å². The lowest BCUT2D eigenvalue weighted by atomic mass is 10.5. The molecule has 0 saturated carbocycles. The summed E-state index contributed by atoms with van der Waals surface area (Å²) in [6.45, 7) is 2.47. The summed E-state index contributed by atoms with van der Waals surface area (Å²) in [5.74, 6) is 0. The third-order valence-corrected chi connectivity index (χ3v) is 7.06. The highest BCUT2D eigenvalue weighted by Crippen LogP contribution is 2.33. The number of hydrogen-bond acceptors (Lipinski definition) is 0. The first-order chi connectivity index (χ1) is 4.81. The summed E-state index contributed by atoms with van der Waals surface area (Å²) in [6.07, 6.45) is 5.91. The van der Waals surface area contributed by atoms with Gasteiger partial charge in [0.15, 0.2) is 8.24 Å². The summed E-state index contributed by atoms with van der Waals surface area (Å²) in [7, 11) is -0.904. The SMILES string of the molecule is C[Si]1(n2cccc2)CCC1. The Bertz CT molecular complexity index is 211. The van der Waals surface area contributed by atoms with Gasteiger partial charge in [-0.3, -0.25) is 0 Å². The van der Waals surface area contributed by atoms with Crippen molar-refractivity contribution in [2.45, 2.75) is 25.1 Å². The zero-order valence-electron chi connectivity index (χ0n) is 6.38. The Morgan fingerprint density at radius 1 is 1.20 bits per heavy atom.